The third-order valence-electron chi connectivity index (χ3n) is 2.53. The van der Waals surface area contributed by atoms with Crippen LogP contribution in [0.15, 0.2) is 0 Å². The molecular weight excluding hydrogens is 212 g/mol. The number of ether oxygens (including phenoxy) is 2. The highest BCUT2D eigenvalue weighted by Gasteiger charge is 2.20. The number of morpholine rings is 1. The first-order valence-electron chi connectivity index (χ1n) is 5.33. The summed E-state index contributed by atoms with van der Waals surface area (Å²) < 4.78 is 10.3. The summed E-state index contributed by atoms with van der Waals surface area (Å²) in [5.41, 5.74) is 0. The second-order valence-electron chi connectivity index (χ2n) is 3.58. The lowest BCUT2D eigenvalue weighted by Gasteiger charge is -2.28. The fraction of sp³-hybridized carbons (Fsp3) is 0.800. The van der Waals surface area contributed by atoms with Gasteiger partial charge in [-0.25, -0.2) is 0 Å². The Labute approximate surface area is 94.9 Å². The fourth-order valence-corrected chi connectivity index (χ4v) is 1.56. The lowest BCUT2D eigenvalue weighted by atomic mass is 10.2. The van der Waals surface area contributed by atoms with Crippen molar-refractivity contribution in [2.75, 3.05) is 40.0 Å². The van der Waals surface area contributed by atoms with Crippen molar-refractivity contribution in [3.8, 4) is 0 Å². The molecule has 0 spiro atoms. The van der Waals surface area contributed by atoms with Gasteiger partial charge in [0.1, 0.15) is 0 Å². The predicted octanol–water partition coefficient (Wildman–Crippen LogP) is -1.00. The topological polar surface area (TPSA) is 67.9 Å². The van der Waals surface area contributed by atoms with E-state index in [2.05, 4.69) is 5.32 Å². The number of hydrogen-bond acceptors (Lipinski definition) is 4. The van der Waals surface area contributed by atoms with E-state index in [0.717, 1.165) is 0 Å². The minimum absolute atomic E-state index is 0.0443. The molecule has 0 aromatic carbocycles. The summed E-state index contributed by atoms with van der Waals surface area (Å²) in [5.74, 6) is 0.0443. The van der Waals surface area contributed by atoms with Crippen LogP contribution in [-0.2, 0) is 19.1 Å². The predicted molar refractivity (Wildman–Crippen MR) is 56.9 cm³/mol. The van der Waals surface area contributed by atoms with Crippen LogP contribution >= 0.6 is 0 Å². The molecule has 1 fully saturated rings. The smallest absolute Gasteiger partial charge is 0.225 e. The molecule has 6 heteroatoms. The van der Waals surface area contributed by atoms with Crippen LogP contribution in [0, 0.1) is 0 Å². The standard InChI is InChI=1S/C10H18N2O4/c1-15-9(7-11-8-13)6-10(14)12-2-4-16-5-3-12/h8-9H,2-7H2,1H3,(H,11,13). The molecule has 1 unspecified atom stereocenters. The third-order valence-corrected chi connectivity index (χ3v) is 2.53. The Kier molecular flexibility index (Phi) is 5.81. The van der Waals surface area contributed by atoms with Gasteiger partial charge in [0.25, 0.3) is 0 Å². The Morgan fingerprint density at radius 3 is 2.81 bits per heavy atom. The molecule has 1 heterocycles. The van der Waals surface area contributed by atoms with Crippen LogP contribution in [0.1, 0.15) is 6.42 Å². The zero-order valence-corrected chi connectivity index (χ0v) is 9.48. The Hall–Kier alpha value is -1.14. The van der Waals surface area contributed by atoms with Gasteiger partial charge in [0.05, 0.1) is 25.7 Å². The largest absolute Gasteiger partial charge is 0.379 e. The Morgan fingerprint density at radius 1 is 1.56 bits per heavy atom. The van der Waals surface area contributed by atoms with Crippen molar-refractivity contribution in [3.05, 3.63) is 0 Å². The Morgan fingerprint density at radius 2 is 2.25 bits per heavy atom. The summed E-state index contributed by atoms with van der Waals surface area (Å²) in [5, 5.41) is 2.51. The van der Waals surface area contributed by atoms with E-state index in [0.29, 0.717) is 39.3 Å². The third kappa shape index (κ3) is 4.16. The highest BCUT2D eigenvalue weighted by Crippen LogP contribution is 2.04. The Bertz CT molecular complexity index is 229. The lowest BCUT2D eigenvalue weighted by molar-refractivity contribution is -0.137. The number of carbonyl (C=O) groups is 2. The molecule has 1 aliphatic rings. The van der Waals surface area contributed by atoms with Crippen LogP contribution in [0.4, 0.5) is 0 Å². The zero-order valence-electron chi connectivity index (χ0n) is 9.48. The maximum Gasteiger partial charge on any atom is 0.225 e. The maximum absolute atomic E-state index is 11.8. The minimum Gasteiger partial charge on any atom is -0.379 e. The first-order valence-corrected chi connectivity index (χ1v) is 5.33. The molecule has 92 valence electrons. The van der Waals surface area contributed by atoms with E-state index < -0.39 is 0 Å². The van der Waals surface area contributed by atoms with Gasteiger partial charge in [-0.2, -0.15) is 0 Å². The molecule has 0 bridgehead atoms. The van der Waals surface area contributed by atoms with Gasteiger partial charge in [-0.1, -0.05) is 0 Å². The first kappa shape index (κ1) is 12.9. The summed E-state index contributed by atoms with van der Waals surface area (Å²) in [6, 6.07) is 0. The molecule has 0 radical (unpaired) electrons. The van der Waals surface area contributed by atoms with Crippen molar-refractivity contribution in [1.29, 1.82) is 0 Å². The molecule has 1 saturated heterocycles. The molecule has 6 nitrogen and oxygen atoms in total. The van der Waals surface area contributed by atoms with Gasteiger partial charge < -0.3 is 19.7 Å². The number of methoxy groups -OCH3 is 1. The van der Waals surface area contributed by atoms with Crippen molar-refractivity contribution in [1.82, 2.24) is 10.2 Å². The van der Waals surface area contributed by atoms with Gasteiger partial charge in [-0.3, -0.25) is 9.59 Å². The monoisotopic (exact) mass is 230 g/mol. The Balaban J connectivity index is 2.31. The van der Waals surface area contributed by atoms with E-state index in [1.165, 1.54) is 7.11 Å². The van der Waals surface area contributed by atoms with Crippen molar-refractivity contribution in [2.45, 2.75) is 12.5 Å². The van der Waals surface area contributed by atoms with E-state index in [1.54, 1.807) is 4.90 Å². The van der Waals surface area contributed by atoms with E-state index in [-0.39, 0.29) is 18.4 Å². The molecule has 0 saturated carbocycles. The number of amides is 2. The van der Waals surface area contributed by atoms with Crippen molar-refractivity contribution >= 4 is 12.3 Å². The normalized spacial score (nSPS) is 17.9. The van der Waals surface area contributed by atoms with Crippen LogP contribution in [0.25, 0.3) is 0 Å². The summed E-state index contributed by atoms with van der Waals surface area (Å²) in [6.07, 6.45) is 0.628. The minimum atomic E-state index is -0.263. The van der Waals surface area contributed by atoms with Crippen LogP contribution in [-0.4, -0.2) is 63.3 Å². The van der Waals surface area contributed by atoms with Crippen molar-refractivity contribution in [2.24, 2.45) is 0 Å². The van der Waals surface area contributed by atoms with E-state index in [4.69, 9.17) is 9.47 Å². The van der Waals surface area contributed by atoms with Gasteiger partial charge in [0.2, 0.25) is 12.3 Å². The average molecular weight is 230 g/mol. The van der Waals surface area contributed by atoms with Crippen molar-refractivity contribution < 1.29 is 19.1 Å². The fourth-order valence-electron chi connectivity index (χ4n) is 1.56. The second kappa shape index (κ2) is 7.19. The molecule has 1 rings (SSSR count). The molecular formula is C10H18N2O4. The van der Waals surface area contributed by atoms with Crippen LogP contribution < -0.4 is 5.32 Å². The molecule has 0 aliphatic carbocycles. The maximum atomic E-state index is 11.8. The SMILES string of the molecule is COC(CNC=O)CC(=O)N1CCOCC1. The summed E-state index contributed by atoms with van der Waals surface area (Å²) >= 11 is 0. The van der Waals surface area contributed by atoms with Gasteiger partial charge in [-0.05, 0) is 0 Å². The molecule has 2 amide bonds. The van der Waals surface area contributed by atoms with E-state index >= 15 is 0 Å². The molecule has 1 N–H and O–H groups in total. The van der Waals surface area contributed by atoms with Gasteiger partial charge in [-0.15, -0.1) is 0 Å². The average Bonchev–Trinajstić information content (AvgIpc) is 2.35. The number of nitrogens with zero attached hydrogens (tertiary/aromatic N) is 1. The summed E-state index contributed by atoms with van der Waals surface area (Å²) in [6.45, 7) is 2.81. The highest BCUT2D eigenvalue weighted by molar-refractivity contribution is 5.76. The molecule has 16 heavy (non-hydrogen) atoms. The van der Waals surface area contributed by atoms with Gasteiger partial charge >= 0.3 is 0 Å². The van der Waals surface area contributed by atoms with Crippen molar-refractivity contribution in [3.63, 3.8) is 0 Å². The lowest BCUT2D eigenvalue weighted by Crippen LogP contribution is -2.43. The highest BCUT2D eigenvalue weighted by atomic mass is 16.5. The number of nitrogens with one attached hydrogen (secondary N) is 1. The molecule has 1 atom stereocenters. The number of carbonyl (C=O) groups excluding carboxylic acids is 2. The second-order valence-corrected chi connectivity index (χ2v) is 3.58. The zero-order chi connectivity index (χ0) is 11.8. The van der Waals surface area contributed by atoms with Gasteiger partial charge in [0.15, 0.2) is 0 Å². The number of hydrogen-bond donors (Lipinski definition) is 1. The summed E-state index contributed by atoms with van der Waals surface area (Å²) in [7, 11) is 1.53. The first-order chi connectivity index (χ1) is 7.77. The molecule has 1 aliphatic heterocycles. The quantitative estimate of drug-likeness (QED) is 0.594. The van der Waals surface area contributed by atoms with Crippen LogP contribution in [0.3, 0.4) is 0 Å². The van der Waals surface area contributed by atoms with Crippen LogP contribution in [0.2, 0.25) is 0 Å². The van der Waals surface area contributed by atoms with E-state index in [9.17, 15) is 9.59 Å². The number of rotatable bonds is 6. The van der Waals surface area contributed by atoms with Crippen LogP contribution in [0.5, 0.6) is 0 Å². The summed E-state index contributed by atoms with van der Waals surface area (Å²) in [4.78, 5) is 23.7. The van der Waals surface area contributed by atoms with E-state index in [1.807, 2.05) is 0 Å². The molecule has 0 aromatic heterocycles. The van der Waals surface area contributed by atoms with Gasteiger partial charge in [0, 0.05) is 26.7 Å². The molecule has 0 aromatic rings.